The molecule has 2 aliphatic carbocycles. The number of aromatic nitrogens is 1. The van der Waals surface area contributed by atoms with Gasteiger partial charge in [0.25, 0.3) is 0 Å². The number of carbonyl (C=O) groups is 1. The van der Waals surface area contributed by atoms with Crippen LogP contribution in [0.2, 0.25) is 5.02 Å². The Morgan fingerprint density at radius 1 is 1.14 bits per heavy atom. The lowest BCUT2D eigenvalue weighted by Gasteiger charge is -2.47. The number of nitrogens with one attached hydrogen (secondary N) is 1. The van der Waals surface area contributed by atoms with E-state index in [-0.39, 0.29) is 5.41 Å². The molecule has 0 aliphatic heterocycles. The molecule has 3 N–H and O–H groups in total. The molecule has 6 nitrogen and oxygen atoms in total. The number of hydrogen-bond acceptors (Lipinski definition) is 6. The summed E-state index contributed by atoms with van der Waals surface area (Å²) in [4.78, 5) is 17.2. The second-order valence-electron chi connectivity index (χ2n) is 12.3. The van der Waals surface area contributed by atoms with Crippen LogP contribution in [0.25, 0.3) is 10.2 Å². The van der Waals surface area contributed by atoms with Crippen molar-refractivity contribution in [3.63, 3.8) is 0 Å². The molecule has 4 aromatic rings. The molecule has 0 amide bonds. The van der Waals surface area contributed by atoms with Crippen molar-refractivity contribution in [3.8, 4) is 5.75 Å². The van der Waals surface area contributed by atoms with Crippen LogP contribution in [0.4, 0.5) is 5.69 Å². The Hall–Kier alpha value is -3.13. The Labute approximate surface area is 255 Å². The van der Waals surface area contributed by atoms with Crippen molar-refractivity contribution in [2.24, 2.45) is 11.8 Å². The van der Waals surface area contributed by atoms with E-state index in [1.165, 1.54) is 11.1 Å². The van der Waals surface area contributed by atoms with Crippen LogP contribution in [-0.2, 0) is 16.6 Å². The molecule has 2 aromatic heterocycles. The molecule has 2 aromatic carbocycles. The van der Waals surface area contributed by atoms with E-state index in [0.717, 1.165) is 52.9 Å². The van der Waals surface area contributed by atoms with Gasteiger partial charge in [-0.3, -0.25) is 4.98 Å². The summed E-state index contributed by atoms with van der Waals surface area (Å²) in [5.74, 6) is 0.705. The van der Waals surface area contributed by atoms with Crippen molar-refractivity contribution in [1.29, 1.82) is 0 Å². The summed E-state index contributed by atoms with van der Waals surface area (Å²) >= 11 is 7.86. The van der Waals surface area contributed by atoms with Gasteiger partial charge in [0.1, 0.15) is 11.3 Å². The molecular formula is C34H37ClN2O4S. The SMILES string of the molecule is CC(O)c1ccc2c(c1)C1(CCC(Nc3cccc(Cl)c3)(C(=O)O)CC1)C(C[C@@H](C)COc1ccnc3ccsc13)C2. The van der Waals surface area contributed by atoms with Crippen molar-refractivity contribution in [2.45, 2.75) is 69.4 Å². The van der Waals surface area contributed by atoms with E-state index >= 15 is 0 Å². The second kappa shape index (κ2) is 11.5. The van der Waals surface area contributed by atoms with E-state index in [1.54, 1.807) is 36.6 Å². The molecule has 42 heavy (non-hydrogen) atoms. The predicted molar refractivity (Wildman–Crippen MR) is 169 cm³/mol. The summed E-state index contributed by atoms with van der Waals surface area (Å²) in [5.41, 5.74) is 3.99. The quantitative estimate of drug-likeness (QED) is 0.179. The van der Waals surface area contributed by atoms with E-state index in [9.17, 15) is 15.0 Å². The normalized spacial score (nSPS) is 24.8. The Kier molecular flexibility index (Phi) is 7.94. The monoisotopic (exact) mass is 604 g/mol. The van der Waals surface area contributed by atoms with Crippen LogP contribution in [0.1, 0.15) is 68.7 Å². The van der Waals surface area contributed by atoms with Gasteiger partial charge in [-0.25, -0.2) is 4.79 Å². The van der Waals surface area contributed by atoms with E-state index in [0.29, 0.717) is 36.3 Å². The molecule has 220 valence electrons. The maximum absolute atomic E-state index is 12.8. The first-order chi connectivity index (χ1) is 20.2. The van der Waals surface area contributed by atoms with Gasteiger partial charge < -0.3 is 20.3 Å². The Morgan fingerprint density at radius 2 is 1.95 bits per heavy atom. The predicted octanol–water partition coefficient (Wildman–Crippen LogP) is 8.03. The Balaban J connectivity index is 1.25. The average molecular weight is 605 g/mol. The molecule has 0 saturated heterocycles. The zero-order chi connectivity index (χ0) is 29.5. The molecule has 0 radical (unpaired) electrons. The van der Waals surface area contributed by atoms with Crippen molar-refractivity contribution >= 4 is 44.8 Å². The first-order valence-corrected chi connectivity index (χ1v) is 16.0. The molecule has 2 aliphatic rings. The molecule has 6 rings (SSSR count). The number of carboxylic acid groups (broad SMARTS) is 1. The number of aliphatic hydroxyl groups excluding tert-OH is 1. The number of pyridine rings is 1. The van der Waals surface area contributed by atoms with E-state index in [4.69, 9.17) is 16.3 Å². The number of benzene rings is 2. The maximum Gasteiger partial charge on any atom is 0.329 e. The number of fused-ring (bicyclic) bond motifs is 3. The summed E-state index contributed by atoms with van der Waals surface area (Å²) in [7, 11) is 0. The fourth-order valence-electron chi connectivity index (χ4n) is 7.27. The van der Waals surface area contributed by atoms with Gasteiger partial charge in [0.15, 0.2) is 0 Å². The summed E-state index contributed by atoms with van der Waals surface area (Å²) in [6, 6.07) is 17.6. The lowest BCUT2D eigenvalue weighted by molar-refractivity contribution is -0.144. The molecule has 0 bridgehead atoms. The van der Waals surface area contributed by atoms with Crippen LogP contribution in [0.3, 0.4) is 0 Å². The minimum Gasteiger partial charge on any atom is -0.492 e. The Morgan fingerprint density at radius 3 is 2.69 bits per heavy atom. The van der Waals surface area contributed by atoms with Crippen molar-refractivity contribution in [2.75, 3.05) is 11.9 Å². The maximum atomic E-state index is 12.8. The highest BCUT2D eigenvalue weighted by molar-refractivity contribution is 7.17. The summed E-state index contributed by atoms with van der Waals surface area (Å²) in [5, 5.41) is 26.8. The number of aliphatic hydroxyl groups is 1. The number of nitrogens with zero attached hydrogens (tertiary/aromatic N) is 1. The summed E-state index contributed by atoms with van der Waals surface area (Å²) < 4.78 is 7.41. The lowest BCUT2D eigenvalue weighted by atomic mass is 9.59. The highest BCUT2D eigenvalue weighted by atomic mass is 35.5. The van der Waals surface area contributed by atoms with Gasteiger partial charge in [-0.1, -0.05) is 42.8 Å². The van der Waals surface area contributed by atoms with Gasteiger partial charge >= 0.3 is 5.97 Å². The molecule has 8 heteroatoms. The molecular weight excluding hydrogens is 568 g/mol. The third kappa shape index (κ3) is 5.38. The number of thiophene rings is 1. The van der Waals surface area contributed by atoms with Gasteiger partial charge in [-0.2, -0.15) is 0 Å². The molecule has 3 atom stereocenters. The van der Waals surface area contributed by atoms with Crippen LogP contribution in [0.15, 0.2) is 66.2 Å². The summed E-state index contributed by atoms with van der Waals surface area (Å²) in [6.45, 7) is 4.65. The van der Waals surface area contributed by atoms with Crippen LogP contribution in [0.5, 0.6) is 5.75 Å². The molecule has 1 fully saturated rings. The number of halogens is 1. The highest BCUT2D eigenvalue weighted by Crippen LogP contribution is 2.56. The van der Waals surface area contributed by atoms with Crippen LogP contribution in [-0.4, -0.2) is 33.3 Å². The third-order valence-corrected chi connectivity index (χ3v) is 10.7. The first kappa shape index (κ1) is 29.0. The molecule has 2 unspecified atom stereocenters. The number of aliphatic carboxylic acids is 1. The average Bonchev–Trinajstić information content (AvgIpc) is 3.56. The van der Waals surface area contributed by atoms with Crippen molar-refractivity contribution in [1.82, 2.24) is 4.98 Å². The van der Waals surface area contributed by atoms with Crippen LogP contribution >= 0.6 is 22.9 Å². The zero-order valence-corrected chi connectivity index (χ0v) is 25.5. The van der Waals surface area contributed by atoms with E-state index < -0.39 is 17.6 Å². The minimum atomic E-state index is -1.06. The largest absolute Gasteiger partial charge is 0.492 e. The second-order valence-corrected chi connectivity index (χ2v) is 13.6. The number of carboxylic acids is 1. The highest BCUT2D eigenvalue weighted by Gasteiger charge is 2.54. The smallest absolute Gasteiger partial charge is 0.329 e. The molecule has 1 spiro atoms. The molecule has 1 saturated carbocycles. The van der Waals surface area contributed by atoms with Crippen molar-refractivity contribution in [3.05, 3.63) is 87.9 Å². The van der Waals surface area contributed by atoms with Crippen molar-refractivity contribution < 1.29 is 19.7 Å². The fourth-order valence-corrected chi connectivity index (χ4v) is 8.28. The van der Waals surface area contributed by atoms with Crippen LogP contribution < -0.4 is 10.1 Å². The van der Waals surface area contributed by atoms with Gasteiger partial charge in [0.05, 0.1) is 22.9 Å². The number of anilines is 1. The van der Waals surface area contributed by atoms with E-state index in [1.807, 2.05) is 35.7 Å². The lowest BCUT2D eigenvalue weighted by Crippen LogP contribution is -2.53. The first-order valence-electron chi connectivity index (χ1n) is 14.7. The molecule has 2 heterocycles. The zero-order valence-electron chi connectivity index (χ0n) is 24.0. The Bertz CT molecular complexity index is 1590. The van der Waals surface area contributed by atoms with Gasteiger partial charge in [0.2, 0.25) is 0 Å². The van der Waals surface area contributed by atoms with Gasteiger partial charge in [-0.05, 0) is 115 Å². The standard InChI is InChI=1S/C34H37ClN2O4S/c1-21(20-41-30-8-14-36-29-9-15-42-31(29)30)16-25-17-24-7-6-23(22(2)38)18-28(24)33(25)10-12-34(13-11-33,32(39)40)37-27-5-3-4-26(35)19-27/h3-9,14-15,18-19,21-22,25,37-38H,10-13,16-17,20H2,1-2H3,(H,39,40)/t21-,22?,25?,33?,34?/m1/s1. The minimum absolute atomic E-state index is 0.152. The van der Waals surface area contributed by atoms with E-state index in [2.05, 4.69) is 29.4 Å². The fraction of sp³-hybridized carbons (Fsp3) is 0.412. The van der Waals surface area contributed by atoms with Gasteiger partial charge in [0, 0.05) is 16.9 Å². The van der Waals surface area contributed by atoms with Crippen LogP contribution in [0, 0.1) is 11.8 Å². The number of ether oxygens (including phenoxy) is 1. The topological polar surface area (TPSA) is 91.7 Å². The van der Waals surface area contributed by atoms with Gasteiger partial charge in [-0.15, -0.1) is 11.3 Å². The third-order valence-electron chi connectivity index (χ3n) is 9.53. The number of hydrogen-bond donors (Lipinski definition) is 3. The summed E-state index contributed by atoms with van der Waals surface area (Å²) in [6.07, 6.45) is 5.67. The number of rotatable bonds is 9.